The van der Waals surface area contributed by atoms with Crippen molar-refractivity contribution in [2.24, 2.45) is 16.0 Å². The van der Waals surface area contributed by atoms with Gasteiger partial charge >= 0.3 is 0 Å². The molecule has 0 spiro atoms. The third-order valence-corrected chi connectivity index (χ3v) is 5.51. The molecule has 1 aromatic carbocycles. The number of hydrogen-bond donors (Lipinski definition) is 0. The highest BCUT2D eigenvalue weighted by Crippen LogP contribution is 2.21. The Balaban J connectivity index is 1.59. The first-order chi connectivity index (χ1) is 13.4. The lowest BCUT2D eigenvalue weighted by Gasteiger charge is -2.12. The summed E-state index contributed by atoms with van der Waals surface area (Å²) in [5.41, 5.74) is 2.25. The minimum absolute atomic E-state index is 0.490. The Morgan fingerprint density at radius 2 is 2.07 bits per heavy atom. The number of nitrogens with zero attached hydrogens (tertiary/aromatic N) is 3. The van der Waals surface area contributed by atoms with Crippen LogP contribution in [0.25, 0.3) is 11.5 Å². The van der Waals surface area contributed by atoms with Crippen LogP contribution in [0.1, 0.15) is 24.8 Å². The number of rotatable bonds is 6. The maximum atomic E-state index is 5.60. The molecule has 27 heavy (non-hydrogen) atoms. The molecule has 2 aromatic heterocycles. The number of allylic oxidation sites excluding steroid dienone is 2. The largest absolute Gasteiger partial charge is 0.463 e. The summed E-state index contributed by atoms with van der Waals surface area (Å²) in [7, 11) is 0. The summed E-state index contributed by atoms with van der Waals surface area (Å²) in [4.78, 5) is 5.71. The van der Waals surface area contributed by atoms with Crippen molar-refractivity contribution in [1.29, 1.82) is 0 Å². The smallest absolute Gasteiger partial charge is 0.206 e. The van der Waals surface area contributed by atoms with Crippen LogP contribution in [0.2, 0.25) is 0 Å². The molecule has 1 aliphatic carbocycles. The molecular weight excluding hydrogens is 354 g/mol. The summed E-state index contributed by atoms with van der Waals surface area (Å²) in [6.07, 6.45) is 12.5. The molecule has 3 aromatic rings. The van der Waals surface area contributed by atoms with Crippen molar-refractivity contribution in [2.45, 2.75) is 25.7 Å². The minimum Gasteiger partial charge on any atom is -0.463 e. The second kappa shape index (κ2) is 8.82. The quantitative estimate of drug-likeness (QED) is 0.433. The van der Waals surface area contributed by atoms with Crippen LogP contribution in [-0.2, 0) is 6.42 Å². The summed E-state index contributed by atoms with van der Waals surface area (Å²) < 4.78 is 7.52. The van der Waals surface area contributed by atoms with E-state index in [-0.39, 0.29) is 0 Å². The van der Waals surface area contributed by atoms with Gasteiger partial charge in [-0.15, -0.1) is 11.3 Å². The SMILES string of the molecule is C1=CCC(C=Nn2c(-c3ccco3)csc2=NCCc2ccccc2)CC1. The van der Waals surface area contributed by atoms with Crippen LogP contribution in [-0.4, -0.2) is 17.4 Å². The van der Waals surface area contributed by atoms with Gasteiger partial charge in [-0.2, -0.15) is 5.10 Å². The van der Waals surface area contributed by atoms with E-state index in [9.17, 15) is 0 Å². The van der Waals surface area contributed by atoms with Crippen LogP contribution in [0.5, 0.6) is 0 Å². The van der Waals surface area contributed by atoms with Gasteiger partial charge in [0.15, 0.2) is 5.76 Å². The summed E-state index contributed by atoms with van der Waals surface area (Å²) in [5.74, 6) is 1.31. The fourth-order valence-corrected chi connectivity index (χ4v) is 4.00. The molecule has 0 fully saturated rings. The van der Waals surface area contributed by atoms with Gasteiger partial charge in [-0.1, -0.05) is 42.5 Å². The van der Waals surface area contributed by atoms with Crippen LogP contribution in [0.15, 0.2) is 80.8 Å². The van der Waals surface area contributed by atoms with Crippen LogP contribution >= 0.6 is 11.3 Å². The zero-order chi connectivity index (χ0) is 18.3. The van der Waals surface area contributed by atoms with E-state index in [4.69, 9.17) is 14.5 Å². The second-order valence-corrected chi connectivity index (χ2v) is 7.46. The number of hydrogen-bond acceptors (Lipinski definition) is 4. The van der Waals surface area contributed by atoms with Gasteiger partial charge in [0.1, 0.15) is 5.69 Å². The molecule has 0 N–H and O–H groups in total. The van der Waals surface area contributed by atoms with Gasteiger partial charge in [-0.05, 0) is 49.3 Å². The lowest BCUT2D eigenvalue weighted by Crippen LogP contribution is -2.14. The number of aromatic nitrogens is 1. The molecule has 0 bridgehead atoms. The first-order valence-electron chi connectivity index (χ1n) is 9.38. The van der Waals surface area contributed by atoms with Crippen molar-refractivity contribution in [3.05, 3.63) is 76.6 Å². The van der Waals surface area contributed by atoms with E-state index >= 15 is 0 Å². The molecule has 1 aliphatic rings. The molecule has 0 saturated heterocycles. The van der Waals surface area contributed by atoms with Crippen LogP contribution < -0.4 is 4.80 Å². The first-order valence-corrected chi connectivity index (χ1v) is 10.3. The molecule has 138 valence electrons. The van der Waals surface area contributed by atoms with Crippen LogP contribution in [0, 0.1) is 5.92 Å². The Hall–Kier alpha value is -2.66. The van der Waals surface area contributed by atoms with E-state index in [1.165, 1.54) is 5.56 Å². The summed E-state index contributed by atoms with van der Waals surface area (Å²) in [6, 6.07) is 14.3. The van der Waals surface area contributed by atoms with Crippen molar-refractivity contribution in [1.82, 2.24) is 4.68 Å². The van der Waals surface area contributed by atoms with Gasteiger partial charge in [-0.25, -0.2) is 4.68 Å². The van der Waals surface area contributed by atoms with E-state index < -0.39 is 0 Å². The maximum absolute atomic E-state index is 5.60. The highest BCUT2D eigenvalue weighted by Gasteiger charge is 2.11. The van der Waals surface area contributed by atoms with Gasteiger partial charge in [0, 0.05) is 18.1 Å². The summed E-state index contributed by atoms with van der Waals surface area (Å²) >= 11 is 1.60. The molecule has 5 heteroatoms. The zero-order valence-electron chi connectivity index (χ0n) is 15.2. The number of furan rings is 1. The summed E-state index contributed by atoms with van der Waals surface area (Å²) in [6.45, 7) is 0.740. The van der Waals surface area contributed by atoms with Gasteiger partial charge < -0.3 is 4.42 Å². The van der Waals surface area contributed by atoms with Crippen molar-refractivity contribution in [2.75, 3.05) is 6.54 Å². The molecule has 0 saturated carbocycles. The van der Waals surface area contributed by atoms with E-state index in [2.05, 4.69) is 48.0 Å². The number of benzene rings is 1. The van der Waals surface area contributed by atoms with Crippen molar-refractivity contribution < 1.29 is 4.42 Å². The third-order valence-electron chi connectivity index (χ3n) is 4.65. The highest BCUT2D eigenvalue weighted by atomic mass is 32.1. The molecule has 4 rings (SSSR count). The average molecular weight is 378 g/mol. The monoisotopic (exact) mass is 377 g/mol. The van der Waals surface area contributed by atoms with Crippen LogP contribution in [0.4, 0.5) is 0 Å². The number of thiazole rings is 1. The van der Waals surface area contributed by atoms with E-state index in [1.807, 2.05) is 22.9 Å². The Morgan fingerprint density at radius 3 is 2.85 bits per heavy atom. The van der Waals surface area contributed by atoms with Crippen molar-refractivity contribution in [3.63, 3.8) is 0 Å². The lowest BCUT2D eigenvalue weighted by molar-refractivity contribution is 0.574. The molecule has 1 atom stereocenters. The lowest BCUT2D eigenvalue weighted by atomic mass is 9.96. The van der Waals surface area contributed by atoms with Crippen molar-refractivity contribution in [3.8, 4) is 11.5 Å². The highest BCUT2D eigenvalue weighted by molar-refractivity contribution is 7.07. The van der Waals surface area contributed by atoms with E-state index in [1.54, 1.807) is 17.6 Å². The van der Waals surface area contributed by atoms with Gasteiger partial charge in [0.25, 0.3) is 0 Å². The molecule has 0 amide bonds. The van der Waals surface area contributed by atoms with Gasteiger partial charge in [-0.3, -0.25) is 4.99 Å². The molecule has 0 aliphatic heterocycles. The standard InChI is InChI=1S/C22H23N3OS/c1-3-8-18(9-4-1)13-14-23-22-25(24-16-19-10-5-2-6-11-19)20(17-27-22)21-12-7-15-26-21/h1-5,7-9,12,15-17,19H,6,10-11,13-14H2. The Bertz CT molecular complexity index is 965. The molecular formula is C22H23N3OS. The topological polar surface area (TPSA) is 42.8 Å². The summed E-state index contributed by atoms with van der Waals surface area (Å²) in [5, 5.41) is 6.85. The van der Waals surface area contributed by atoms with E-state index in [0.29, 0.717) is 5.92 Å². The Kier molecular flexibility index (Phi) is 5.80. The molecule has 4 nitrogen and oxygen atoms in total. The van der Waals surface area contributed by atoms with Gasteiger partial charge in [0.05, 0.1) is 6.26 Å². The maximum Gasteiger partial charge on any atom is 0.206 e. The van der Waals surface area contributed by atoms with Gasteiger partial charge in [0.2, 0.25) is 4.80 Å². The molecule has 1 unspecified atom stereocenters. The minimum atomic E-state index is 0.490. The third kappa shape index (κ3) is 4.55. The second-order valence-electron chi connectivity index (χ2n) is 6.62. The van der Waals surface area contributed by atoms with Crippen molar-refractivity contribution >= 4 is 17.6 Å². The Morgan fingerprint density at radius 1 is 1.15 bits per heavy atom. The fraction of sp³-hybridized carbons (Fsp3) is 0.273. The average Bonchev–Trinajstić information content (AvgIpc) is 3.38. The molecule has 2 heterocycles. The normalized spacial score (nSPS) is 17.8. The predicted molar refractivity (Wildman–Crippen MR) is 111 cm³/mol. The first kappa shape index (κ1) is 17.7. The molecule has 0 radical (unpaired) electrons. The fourth-order valence-electron chi connectivity index (χ4n) is 3.15. The van der Waals surface area contributed by atoms with E-state index in [0.717, 1.165) is 48.5 Å². The zero-order valence-corrected chi connectivity index (χ0v) is 16.0. The predicted octanol–water partition coefficient (Wildman–Crippen LogP) is 5.14. The van der Waals surface area contributed by atoms with Crippen LogP contribution in [0.3, 0.4) is 0 Å². The Labute approximate surface area is 163 Å².